The minimum Gasteiger partial charge on any atom is -0.453 e. The Hall–Kier alpha value is -2.55. The van der Waals surface area contributed by atoms with Crippen molar-refractivity contribution in [2.75, 3.05) is 0 Å². The van der Waals surface area contributed by atoms with Crippen molar-refractivity contribution in [1.82, 2.24) is 9.55 Å². The molecule has 0 saturated heterocycles. The number of aromatic nitrogens is 2. The molecule has 0 spiro atoms. The van der Waals surface area contributed by atoms with Gasteiger partial charge in [-0.2, -0.15) is 0 Å². The van der Waals surface area contributed by atoms with E-state index in [-0.39, 0.29) is 23.6 Å². The average Bonchev–Trinajstić information content (AvgIpc) is 3.37. The quantitative estimate of drug-likeness (QED) is 0.217. The molecule has 160 valence electrons. The topological polar surface area (TPSA) is 65.1 Å². The zero-order valence-corrected chi connectivity index (χ0v) is 20.9. The fourth-order valence-corrected chi connectivity index (χ4v) is 5.47. The maximum atomic E-state index is 13.4. The Morgan fingerprint density at radius 3 is 2.59 bits per heavy atom. The number of Topliss-reactive ketones (excluding diaryl/α,β-unsaturated/α-hetero) is 1. The summed E-state index contributed by atoms with van der Waals surface area (Å²) in [6, 6.07) is 15.1. The highest BCUT2D eigenvalue weighted by molar-refractivity contribution is 9.10. The molecule has 5 rings (SSSR count). The molecule has 0 atom stereocenters. The molecule has 0 aliphatic heterocycles. The molecule has 0 N–H and O–H groups in total. The maximum Gasteiger partial charge on any atom is 0.263 e. The number of nitrogens with zero attached hydrogens (tertiary/aromatic N) is 2. The normalized spacial score (nSPS) is 11.5. The van der Waals surface area contributed by atoms with E-state index >= 15 is 0 Å². The summed E-state index contributed by atoms with van der Waals surface area (Å²) >= 11 is 8.40. The van der Waals surface area contributed by atoms with Gasteiger partial charge in [0.15, 0.2) is 5.76 Å². The molecule has 0 fully saturated rings. The first-order valence-corrected chi connectivity index (χ1v) is 12.3. The van der Waals surface area contributed by atoms with Gasteiger partial charge >= 0.3 is 0 Å². The third-order valence-corrected chi connectivity index (χ3v) is 7.54. The van der Waals surface area contributed by atoms with Gasteiger partial charge in [-0.3, -0.25) is 14.2 Å². The predicted molar refractivity (Wildman–Crippen MR) is 135 cm³/mol. The van der Waals surface area contributed by atoms with Crippen molar-refractivity contribution in [1.29, 1.82) is 0 Å². The molecule has 5 nitrogen and oxygen atoms in total. The van der Waals surface area contributed by atoms with Gasteiger partial charge in [-0.05, 0) is 48.4 Å². The molecule has 0 saturated carbocycles. The second-order valence-electron chi connectivity index (χ2n) is 7.33. The number of furan rings is 1. The number of fused-ring (bicyclic) bond motifs is 2. The molecule has 32 heavy (non-hydrogen) atoms. The lowest BCUT2D eigenvalue weighted by Gasteiger charge is -2.06. The minimum atomic E-state index is -0.281. The molecule has 5 aromatic rings. The van der Waals surface area contributed by atoms with Crippen LogP contribution in [0, 0.1) is 0 Å². The molecule has 0 bridgehead atoms. The van der Waals surface area contributed by atoms with E-state index in [2.05, 4.69) is 43.8 Å². The highest BCUT2D eigenvalue weighted by atomic mass is 79.9. The van der Waals surface area contributed by atoms with Crippen LogP contribution in [0.25, 0.3) is 32.3 Å². The Morgan fingerprint density at radius 2 is 1.84 bits per heavy atom. The van der Waals surface area contributed by atoms with E-state index in [1.807, 2.05) is 36.4 Å². The summed E-state index contributed by atoms with van der Waals surface area (Å²) in [5.41, 5.74) is 2.26. The van der Waals surface area contributed by atoms with Gasteiger partial charge in [0, 0.05) is 24.8 Å². The van der Waals surface area contributed by atoms with Gasteiger partial charge in [0.05, 0.1) is 18.3 Å². The van der Waals surface area contributed by atoms with Gasteiger partial charge < -0.3 is 4.42 Å². The molecule has 0 unspecified atom stereocenters. The summed E-state index contributed by atoms with van der Waals surface area (Å²) in [6.45, 7) is 1.93. The number of rotatable bonds is 5. The lowest BCUT2D eigenvalue weighted by molar-refractivity contribution is 0.0945. The number of carbonyl (C=O) groups is 1. The first-order chi connectivity index (χ1) is 15.4. The first kappa shape index (κ1) is 21.3. The number of halogens is 2. The van der Waals surface area contributed by atoms with Crippen LogP contribution in [0.5, 0.6) is 0 Å². The van der Waals surface area contributed by atoms with E-state index in [4.69, 9.17) is 4.42 Å². The van der Waals surface area contributed by atoms with Crippen molar-refractivity contribution >= 4 is 70.2 Å². The fraction of sp³-hybridized carbons (Fsp3) is 0.125. The fourth-order valence-electron chi connectivity index (χ4n) is 3.74. The van der Waals surface area contributed by atoms with E-state index in [0.29, 0.717) is 15.8 Å². The van der Waals surface area contributed by atoms with Crippen LogP contribution < -0.4 is 5.56 Å². The Bertz CT molecular complexity index is 1550. The Labute approximate surface area is 204 Å². The number of carbonyl (C=O) groups excluding carboxylic acids is 1. The smallest absolute Gasteiger partial charge is 0.263 e. The number of benzene rings is 2. The second-order valence-corrected chi connectivity index (χ2v) is 10.2. The van der Waals surface area contributed by atoms with Gasteiger partial charge in [0.1, 0.15) is 10.4 Å². The molecule has 0 aliphatic carbocycles. The highest BCUT2D eigenvalue weighted by Gasteiger charge is 2.20. The predicted octanol–water partition coefficient (Wildman–Crippen LogP) is 6.84. The molecular formula is C24H16Br2N2O3S. The SMILES string of the molecule is CCc1sc2ncn(CC(=O)c3cc4cc(Br)ccc4o3)c(=O)c2c1-c1ccc(Br)cc1. The number of ketones is 1. The van der Waals surface area contributed by atoms with Gasteiger partial charge in [-0.25, -0.2) is 4.98 Å². The Morgan fingerprint density at radius 1 is 1.09 bits per heavy atom. The van der Waals surface area contributed by atoms with Crippen molar-refractivity contribution in [3.8, 4) is 11.1 Å². The van der Waals surface area contributed by atoms with E-state index in [0.717, 1.165) is 36.8 Å². The molecule has 0 radical (unpaired) electrons. The zero-order valence-electron chi connectivity index (χ0n) is 16.9. The lowest BCUT2D eigenvalue weighted by Crippen LogP contribution is -2.24. The van der Waals surface area contributed by atoms with E-state index < -0.39 is 0 Å². The van der Waals surface area contributed by atoms with Crippen LogP contribution in [0.4, 0.5) is 0 Å². The molecular weight excluding hydrogens is 556 g/mol. The standard InChI is InChI=1S/C24H16Br2N2O3S/c1-2-20-21(13-3-5-15(25)6-4-13)22-23(32-20)27-12-28(24(22)30)11-17(29)19-10-14-9-16(26)7-8-18(14)31-19/h3-10,12H,2,11H2,1H3. The van der Waals surface area contributed by atoms with Crippen LogP contribution in [-0.2, 0) is 13.0 Å². The molecule has 8 heteroatoms. The second kappa shape index (κ2) is 8.42. The highest BCUT2D eigenvalue weighted by Crippen LogP contribution is 2.37. The van der Waals surface area contributed by atoms with Crippen LogP contribution >= 0.6 is 43.2 Å². The summed E-state index contributed by atoms with van der Waals surface area (Å²) in [5, 5.41) is 1.38. The van der Waals surface area contributed by atoms with Crippen LogP contribution in [-0.4, -0.2) is 15.3 Å². The molecule has 2 aromatic carbocycles. The Kier molecular flexibility index (Phi) is 5.61. The number of hydrogen-bond acceptors (Lipinski definition) is 5. The largest absolute Gasteiger partial charge is 0.453 e. The number of aryl methyl sites for hydroxylation is 1. The van der Waals surface area contributed by atoms with E-state index in [1.54, 1.807) is 12.1 Å². The minimum absolute atomic E-state index is 0.139. The maximum absolute atomic E-state index is 13.4. The molecule has 3 heterocycles. The van der Waals surface area contributed by atoms with Crippen molar-refractivity contribution in [3.63, 3.8) is 0 Å². The zero-order chi connectivity index (χ0) is 22.4. The molecule has 3 aromatic heterocycles. The number of thiophene rings is 1. The van der Waals surface area contributed by atoms with Gasteiger partial charge in [-0.1, -0.05) is 50.9 Å². The van der Waals surface area contributed by atoms with Crippen molar-refractivity contribution < 1.29 is 9.21 Å². The third-order valence-electron chi connectivity index (χ3n) is 5.27. The van der Waals surface area contributed by atoms with Crippen molar-refractivity contribution in [2.24, 2.45) is 0 Å². The van der Waals surface area contributed by atoms with Crippen LogP contribution in [0.15, 0.2) is 73.0 Å². The van der Waals surface area contributed by atoms with E-state index in [9.17, 15) is 9.59 Å². The first-order valence-electron chi connectivity index (χ1n) is 9.93. The van der Waals surface area contributed by atoms with Crippen LogP contribution in [0.1, 0.15) is 22.4 Å². The summed E-state index contributed by atoms with van der Waals surface area (Å²) < 4.78 is 8.94. The number of hydrogen-bond donors (Lipinski definition) is 0. The Balaban J connectivity index is 1.58. The van der Waals surface area contributed by atoms with Crippen molar-refractivity contribution in [3.05, 3.63) is 84.8 Å². The third kappa shape index (κ3) is 3.76. The van der Waals surface area contributed by atoms with Crippen LogP contribution in [0.3, 0.4) is 0 Å². The average molecular weight is 572 g/mol. The van der Waals surface area contributed by atoms with Crippen LogP contribution in [0.2, 0.25) is 0 Å². The lowest BCUT2D eigenvalue weighted by atomic mass is 10.0. The molecule has 0 amide bonds. The summed E-state index contributed by atoms with van der Waals surface area (Å²) in [5.74, 6) is -0.0606. The molecule has 0 aliphatic rings. The van der Waals surface area contributed by atoms with Crippen molar-refractivity contribution in [2.45, 2.75) is 19.9 Å². The van der Waals surface area contributed by atoms with Gasteiger partial charge in [0.25, 0.3) is 5.56 Å². The van der Waals surface area contributed by atoms with Gasteiger partial charge in [0.2, 0.25) is 5.78 Å². The monoisotopic (exact) mass is 570 g/mol. The summed E-state index contributed by atoms with van der Waals surface area (Å²) in [4.78, 5) is 32.6. The van der Waals surface area contributed by atoms with Gasteiger partial charge in [-0.15, -0.1) is 11.3 Å². The summed E-state index contributed by atoms with van der Waals surface area (Å²) in [6.07, 6.45) is 2.24. The van der Waals surface area contributed by atoms with E-state index in [1.165, 1.54) is 22.2 Å². The summed E-state index contributed by atoms with van der Waals surface area (Å²) in [7, 11) is 0.